The zero-order valence-electron chi connectivity index (χ0n) is 13.0. The van der Waals surface area contributed by atoms with E-state index in [1.807, 2.05) is 13.8 Å². The summed E-state index contributed by atoms with van der Waals surface area (Å²) in [5.74, 6) is -4.31. The van der Waals surface area contributed by atoms with E-state index in [0.717, 1.165) is 6.42 Å². The van der Waals surface area contributed by atoms with Crippen LogP contribution in [-0.4, -0.2) is 62.9 Å². The fraction of sp³-hybridized carbons (Fsp3) is 0.667. The van der Waals surface area contributed by atoms with Crippen molar-refractivity contribution in [3.05, 3.63) is 0 Å². The Labute approximate surface area is 133 Å². The summed E-state index contributed by atoms with van der Waals surface area (Å²) in [6.45, 7) is 3.48. The fourth-order valence-electron chi connectivity index (χ4n) is 0.773. The number of carbonyl (C=O) groups is 4. The summed E-state index contributed by atoms with van der Waals surface area (Å²) in [6, 6.07) is -1.99. The van der Waals surface area contributed by atoms with Gasteiger partial charge in [0.1, 0.15) is 12.1 Å². The molecule has 0 aromatic heterocycles. The highest BCUT2D eigenvalue weighted by Gasteiger charge is 2.17. The molecule has 10 N–H and O–H groups in total. The zero-order chi connectivity index (χ0) is 19.2. The second-order valence-electron chi connectivity index (χ2n) is 4.39. The standard InChI is InChI=1S/C6H13NO2.C4H7NO4.C2H5NO2/c1-3-4(2)5(7)6(8)9;5-2(4(8)9)1-3(6)7;3-1-2(4)5/h4-5H,3,7H2,1-2H3,(H,8,9);2H,1,5H2,(H,6,7)(H,8,9);1,3H2,(H,4,5)/t4-,5-;2-;/m00./s1. The largest absolute Gasteiger partial charge is 0.481 e. The first-order chi connectivity index (χ1) is 10.4. The van der Waals surface area contributed by atoms with Crippen LogP contribution in [-0.2, 0) is 19.2 Å². The van der Waals surface area contributed by atoms with Crippen molar-refractivity contribution < 1.29 is 39.6 Å². The van der Waals surface area contributed by atoms with Crippen molar-refractivity contribution in [1.82, 2.24) is 0 Å². The van der Waals surface area contributed by atoms with Gasteiger partial charge in [0.05, 0.1) is 13.0 Å². The third-order valence-corrected chi connectivity index (χ3v) is 2.43. The molecule has 0 spiro atoms. The molecule has 11 heteroatoms. The van der Waals surface area contributed by atoms with E-state index in [1.165, 1.54) is 0 Å². The Balaban J connectivity index is -0.000000273. The molecule has 0 amide bonds. The van der Waals surface area contributed by atoms with E-state index < -0.39 is 42.4 Å². The van der Waals surface area contributed by atoms with Crippen molar-refractivity contribution in [3.63, 3.8) is 0 Å². The lowest BCUT2D eigenvalue weighted by Gasteiger charge is -2.11. The van der Waals surface area contributed by atoms with Gasteiger partial charge < -0.3 is 37.6 Å². The molecule has 0 aromatic carbocycles. The second kappa shape index (κ2) is 14.7. The molecule has 0 bridgehead atoms. The van der Waals surface area contributed by atoms with Crippen LogP contribution in [0.1, 0.15) is 26.7 Å². The summed E-state index contributed by atoms with van der Waals surface area (Å²) < 4.78 is 0. The molecule has 3 atom stereocenters. The van der Waals surface area contributed by atoms with Crippen LogP contribution >= 0.6 is 0 Å². The van der Waals surface area contributed by atoms with Gasteiger partial charge in [-0.05, 0) is 5.92 Å². The molecule has 0 aromatic rings. The van der Waals surface area contributed by atoms with Gasteiger partial charge in [-0.15, -0.1) is 0 Å². The quantitative estimate of drug-likeness (QED) is 0.277. The highest BCUT2D eigenvalue weighted by atomic mass is 16.4. The number of hydrogen-bond acceptors (Lipinski definition) is 7. The molecule has 0 unspecified atom stereocenters. The maximum absolute atomic E-state index is 10.2. The van der Waals surface area contributed by atoms with E-state index in [4.69, 9.17) is 31.9 Å². The van der Waals surface area contributed by atoms with Gasteiger partial charge in [0.25, 0.3) is 0 Å². The van der Waals surface area contributed by atoms with Crippen molar-refractivity contribution in [2.24, 2.45) is 23.1 Å². The third kappa shape index (κ3) is 19.8. The topological polar surface area (TPSA) is 227 Å². The molecule has 0 aliphatic carbocycles. The highest BCUT2D eigenvalue weighted by Crippen LogP contribution is 2.04. The maximum atomic E-state index is 10.2. The molecule has 0 heterocycles. The number of rotatable bonds is 7. The van der Waals surface area contributed by atoms with Gasteiger partial charge in [-0.25, -0.2) is 0 Å². The van der Waals surface area contributed by atoms with Crippen molar-refractivity contribution >= 4 is 23.9 Å². The van der Waals surface area contributed by atoms with Crippen LogP contribution in [0, 0.1) is 5.92 Å². The first kappa shape index (κ1) is 25.7. The Kier molecular flexibility index (Phi) is 16.4. The normalized spacial score (nSPS) is 13.1. The molecular weight excluding hydrogens is 314 g/mol. The maximum Gasteiger partial charge on any atom is 0.321 e. The number of carboxylic acids is 4. The van der Waals surface area contributed by atoms with Crippen molar-refractivity contribution in [2.45, 2.75) is 38.8 Å². The number of aliphatic carboxylic acids is 4. The summed E-state index contributed by atoms with van der Waals surface area (Å²) >= 11 is 0. The number of nitrogens with two attached hydrogens (primary N) is 3. The lowest BCUT2D eigenvalue weighted by atomic mass is 10.0. The monoisotopic (exact) mass is 339 g/mol. The van der Waals surface area contributed by atoms with E-state index in [2.05, 4.69) is 5.73 Å². The summed E-state index contributed by atoms with van der Waals surface area (Å²) in [5.41, 5.74) is 14.7. The van der Waals surface area contributed by atoms with Crippen molar-refractivity contribution in [2.75, 3.05) is 6.54 Å². The predicted molar refractivity (Wildman–Crippen MR) is 79.6 cm³/mol. The van der Waals surface area contributed by atoms with Gasteiger partial charge in [-0.1, -0.05) is 20.3 Å². The van der Waals surface area contributed by atoms with E-state index in [9.17, 15) is 19.2 Å². The second-order valence-corrected chi connectivity index (χ2v) is 4.39. The molecular formula is C12H25N3O8. The molecule has 23 heavy (non-hydrogen) atoms. The van der Waals surface area contributed by atoms with Gasteiger partial charge in [-0.2, -0.15) is 0 Å². The summed E-state index contributed by atoms with van der Waals surface area (Å²) in [6.07, 6.45) is 0.281. The highest BCUT2D eigenvalue weighted by molar-refractivity contribution is 5.80. The summed E-state index contributed by atoms with van der Waals surface area (Å²) in [7, 11) is 0. The molecule has 0 saturated carbocycles. The van der Waals surface area contributed by atoms with Crippen LogP contribution in [0.15, 0.2) is 0 Å². The molecule has 136 valence electrons. The average Bonchev–Trinajstić information content (AvgIpc) is 2.45. The van der Waals surface area contributed by atoms with Crippen molar-refractivity contribution in [1.29, 1.82) is 0 Å². The van der Waals surface area contributed by atoms with E-state index in [0.29, 0.717) is 0 Å². The van der Waals surface area contributed by atoms with E-state index in [-0.39, 0.29) is 12.5 Å². The Hall–Kier alpha value is -2.24. The fourth-order valence-corrected chi connectivity index (χ4v) is 0.773. The van der Waals surface area contributed by atoms with Gasteiger partial charge in [0, 0.05) is 0 Å². The van der Waals surface area contributed by atoms with Gasteiger partial charge >= 0.3 is 23.9 Å². The molecule has 0 radical (unpaired) electrons. The minimum atomic E-state index is -1.29. The summed E-state index contributed by atoms with van der Waals surface area (Å²) in [5, 5.41) is 32.0. The third-order valence-electron chi connectivity index (χ3n) is 2.43. The van der Waals surface area contributed by atoms with Crippen molar-refractivity contribution in [3.8, 4) is 0 Å². The van der Waals surface area contributed by atoms with Crippen LogP contribution in [0.5, 0.6) is 0 Å². The van der Waals surface area contributed by atoms with Crippen LogP contribution in [0.4, 0.5) is 0 Å². The van der Waals surface area contributed by atoms with Crippen LogP contribution in [0.25, 0.3) is 0 Å². The molecule has 0 rings (SSSR count). The Bertz CT molecular complexity index is 389. The zero-order valence-corrected chi connectivity index (χ0v) is 13.0. The lowest BCUT2D eigenvalue weighted by molar-refractivity contribution is -0.144. The predicted octanol–water partition coefficient (Wildman–Crippen LogP) is -1.65. The van der Waals surface area contributed by atoms with Gasteiger partial charge in [0.2, 0.25) is 0 Å². The molecule has 0 saturated heterocycles. The Morgan fingerprint density at radius 3 is 1.39 bits per heavy atom. The summed E-state index contributed by atoms with van der Waals surface area (Å²) in [4.78, 5) is 39.0. The Morgan fingerprint density at radius 1 is 0.913 bits per heavy atom. The van der Waals surface area contributed by atoms with E-state index in [1.54, 1.807) is 0 Å². The van der Waals surface area contributed by atoms with Crippen LogP contribution in [0.2, 0.25) is 0 Å². The molecule has 0 fully saturated rings. The first-order valence-electron chi connectivity index (χ1n) is 6.50. The molecule has 11 nitrogen and oxygen atoms in total. The van der Waals surface area contributed by atoms with Gasteiger partial charge in [0.15, 0.2) is 0 Å². The number of hydrogen-bond donors (Lipinski definition) is 7. The Morgan fingerprint density at radius 2 is 1.30 bits per heavy atom. The minimum absolute atomic E-state index is 0.0718. The van der Waals surface area contributed by atoms with Crippen LogP contribution in [0.3, 0.4) is 0 Å². The first-order valence-corrected chi connectivity index (χ1v) is 6.50. The van der Waals surface area contributed by atoms with Crippen LogP contribution < -0.4 is 17.2 Å². The number of carboxylic acid groups (broad SMARTS) is 4. The van der Waals surface area contributed by atoms with Gasteiger partial charge in [-0.3, -0.25) is 19.2 Å². The SMILES string of the molecule is CC[C@H](C)[C@H](N)C(=O)O.NCC(=O)O.N[C@@H](CC(=O)O)C(=O)O. The minimum Gasteiger partial charge on any atom is -0.481 e. The molecule has 0 aliphatic heterocycles. The lowest BCUT2D eigenvalue weighted by Crippen LogP contribution is -2.36. The smallest absolute Gasteiger partial charge is 0.321 e. The van der Waals surface area contributed by atoms with E-state index >= 15 is 0 Å². The average molecular weight is 339 g/mol. The molecule has 0 aliphatic rings.